The monoisotopic (exact) mass is 462 g/mol. The van der Waals surface area contributed by atoms with Crippen LogP contribution in [0.5, 0.6) is 0 Å². The van der Waals surface area contributed by atoms with E-state index in [2.05, 4.69) is 10.6 Å². The normalized spacial score (nSPS) is 12.9. The predicted molar refractivity (Wildman–Crippen MR) is 125 cm³/mol. The number of rotatable bonds is 8. The molecule has 5 nitrogen and oxygen atoms in total. The fourth-order valence-corrected chi connectivity index (χ4v) is 6.36. The summed E-state index contributed by atoms with van der Waals surface area (Å²) >= 11 is 9.34. The Morgan fingerprint density at radius 2 is 2.00 bits per heavy atom. The third-order valence-corrected chi connectivity index (χ3v) is 7.95. The molecule has 2 aromatic heterocycles. The van der Waals surface area contributed by atoms with Crippen molar-refractivity contribution in [1.29, 1.82) is 0 Å². The first-order chi connectivity index (χ1) is 14.6. The molecule has 0 spiro atoms. The lowest BCUT2D eigenvalue weighted by molar-refractivity contribution is 0.0944. The number of amides is 2. The van der Waals surface area contributed by atoms with Gasteiger partial charge in [0.2, 0.25) is 0 Å². The van der Waals surface area contributed by atoms with Gasteiger partial charge >= 0.3 is 0 Å². The first-order valence-corrected chi connectivity index (χ1v) is 12.1. The largest absolute Gasteiger partial charge is 0.382 e. The zero-order valence-corrected chi connectivity index (χ0v) is 19.1. The second-order valence-corrected chi connectivity index (χ2v) is 9.60. The highest BCUT2D eigenvalue weighted by Crippen LogP contribution is 2.40. The summed E-state index contributed by atoms with van der Waals surface area (Å²) in [5.41, 5.74) is 1.68. The van der Waals surface area contributed by atoms with Crippen LogP contribution in [0, 0.1) is 0 Å². The Morgan fingerprint density at radius 3 is 2.80 bits per heavy atom. The quantitative estimate of drug-likeness (QED) is 0.433. The van der Waals surface area contributed by atoms with Gasteiger partial charge in [0, 0.05) is 34.7 Å². The summed E-state index contributed by atoms with van der Waals surface area (Å²) in [5.74, 6) is -0.407. The molecule has 0 saturated heterocycles. The van der Waals surface area contributed by atoms with E-state index in [1.54, 1.807) is 0 Å². The van der Waals surface area contributed by atoms with E-state index < -0.39 is 0 Å². The minimum atomic E-state index is -0.272. The van der Waals surface area contributed by atoms with E-state index in [1.165, 1.54) is 27.6 Å². The summed E-state index contributed by atoms with van der Waals surface area (Å²) in [7, 11) is 0. The SMILES string of the molecule is CCOCCCNC(=O)c1c(NC(=O)c2sc3ccccc3c2Cl)sc2c1CCC2. The molecule has 2 N–H and O–H groups in total. The molecule has 3 aromatic rings. The van der Waals surface area contributed by atoms with Crippen LogP contribution in [0.4, 0.5) is 5.00 Å². The molecule has 0 unspecified atom stereocenters. The average molecular weight is 463 g/mol. The molecule has 0 radical (unpaired) electrons. The molecule has 1 aliphatic carbocycles. The molecule has 158 valence electrons. The number of anilines is 1. The second-order valence-electron chi connectivity index (χ2n) is 7.06. The molecule has 8 heteroatoms. The van der Waals surface area contributed by atoms with E-state index in [0.29, 0.717) is 40.2 Å². The van der Waals surface area contributed by atoms with E-state index in [1.807, 2.05) is 31.2 Å². The lowest BCUT2D eigenvalue weighted by atomic mass is 10.1. The minimum Gasteiger partial charge on any atom is -0.382 e. The number of carbonyl (C=O) groups excluding carboxylic acids is 2. The number of hydrogen-bond donors (Lipinski definition) is 2. The van der Waals surface area contributed by atoms with Gasteiger partial charge in [0.1, 0.15) is 9.88 Å². The zero-order chi connectivity index (χ0) is 21.1. The maximum atomic E-state index is 13.0. The predicted octanol–water partition coefficient (Wildman–Crippen LogP) is 5.51. The number of carbonyl (C=O) groups is 2. The average Bonchev–Trinajstić information content (AvgIpc) is 3.41. The molecule has 0 atom stereocenters. The number of hydrogen-bond acceptors (Lipinski definition) is 5. The van der Waals surface area contributed by atoms with E-state index >= 15 is 0 Å². The Kier molecular flexibility index (Phi) is 6.73. The van der Waals surface area contributed by atoms with Crippen LogP contribution in [0.2, 0.25) is 5.02 Å². The Morgan fingerprint density at radius 1 is 1.17 bits per heavy atom. The van der Waals surface area contributed by atoms with Crippen molar-refractivity contribution >= 4 is 61.2 Å². The van der Waals surface area contributed by atoms with E-state index in [-0.39, 0.29) is 11.8 Å². The van der Waals surface area contributed by atoms with Crippen molar-refractivity contribution in [2.24, 2.45) is 0 Å². The van der Waals surface area contributed by atoms with Crippen LogP contribution in [-0.2, 0) is 17.6 Å². The van der Waals surface area contributed by atoms with Gasteiger partial charge in [-0.2, -0.15) is 0 Å². The van der Waals surface area contributed by atoms with Crippen LogP contribution >= 0.6 is 34.3 Å². The summed E-state index contributed by atoms with van der Waals surface area (Å²) < 4.78 is 6.29. The van der Waals surface area contributed by atoms with Crippen molar-refractivity contribution in [3.8, 4) is 0 Å². The number of thiophene rings is 2. The summed E-state index contributed by atoms with van der Waals surface area (Å²) in [6, 6.07) is 7.68. The Labute approximate surface area is 188 Å². The number of ether oxygens (including phenoxy) is 1. The Balaban J connectivity index is 1.54. The van der Waals surface area contributed by atoms with Crippen LogP contribution < -0.4 is 10.6 Å². The van der Waals surface area contributed by atoms with E-state index in [0.717, 1.165) is 41.3 Å². The molecule has 2 amide bonds. The Bertz CT molecular complexity index is 1090. The molecule has 1 aromatic carbocycles. The third kappa shape index (κ3) is 4.25. The van der Waals surface area contributed by atoms with Gasteiger partial charge in [-0.1, -0.05) is 29.8 Å². The zero-order valence-electron chi connectivity index (χ0n) is 16.7. The van der Waals surface area contributed by atoms with Gasteiger partial charge in [-0.3, -0.25) is 9.59 Å². The van der Waals surface area contributed by atoms with Gasteiger partial charge in [-0.15, -0.1) is 22.7 Å². The maximum absolute atomic E-state index is 13.0. The molecule has 2 heterocycles. The third-order valence-electron chi connectivity index (χ3n) is 5.07. The van der Waals surface area contributed by atoms with E-state index in [4.69, 9.17) is 16.3 Å². The van der Waals surface area contributed by atoms with Crippen molar-refractivity contribution in [1.82, 2.24) is 5.32 Å². The first kappa shape index (κ1) is 21.3. The lowest BCUT2D eigenvalue weighted by Gasteiger charge is -2.09. The second kappa shape index (κ2) is 9.47. The van der Waals surface area contributed by atoms with Crippen LogP contribution in [0.3, 0.4) is 0 Å². The van der Waals surface area contributed by atoms with Crippen LogP contribution in [0.1, 0.15) is 50.2 Å². The van der Waals surface area contributed by atoms with Gasteiger partial charge in [0.05, 0.1) is 10.6 Å². The molecule has 0 saturated carbocycles. The maximum Gasteiger partial charge on any atom is 0.267 e. The van der Waals surface area contributed by atoms with Crippen molar-refractivity contribution in [3.05, 3.63) is 50.2 Å². The molecule has 30 heavy (non-hydrogen) atoms. The standard InChI is InChI=1S/C22H23ClN2O3S2/c1-2-28-12-6-11-24-20(26)17-13-8-5-10-15(13)30-22(17)25-21(27)19-18(23)14-7-3-4-9-16(14)29-19/h3-4,7,9H,2,5-6,8,10-12H2,1H3,(H,24,26)(H,25,27). The molecule has 0 fully saturated rings. The summed E-state index contributed by atoms with van der Waals surface area (Å²) in [6.45, 7) is 3.78. The van der Waals surface area contributed by atoms with Crippen molar-refractivity contribution in [2.45, 2.75) is 32.6 Å². The summed E-state index contributed by atoms with van der Waals surface area (Å²) in [5, 5.41) is 7.88. The highest BCUT2D eigenvalue weighted by molar-refractivity contribution is 7.22. The number of aryl methyl sites for hydroxylation is 1. The van der Waals surface area contributed by atoms with Crippen molar-refractivity contribution < 1.29 is 14.3 Å². The first-order valence-electron chi connectivity index (χ1n) is 10.1. The number of halogens is 1. The minimum absolute atomic E-state index is 0.136. The molecule has 1 aliphatic rings. The number of benzene rings is 1. The lowest BCUT2D eigenvalue weighted by Crippen LogP contribution is -2.27. The highest BCUT2D eigenvalue weighted by Gasteiger charge is 2.28. The van der Waals surface area contributed by atoms with Gasteiger partial charge in [0.25, 0.3) is 11.8 Å². The number of fused-ring (bicyclic) bond motifs is 2. The van der Waals surface area contributed by atoms with E-state index in [9.17, 15) is 9.59 Å². The molecular weight excluding hydrogens is 440 g/mol. The van der Waals surface area contributed by atoms with Crippen LogP contribution in [0.25, 0.3) is 10.1 Å². The smallest absolute Gasteiger partial charge is 0.267 e. The number of nitrogens with one attached hydrogen (secondary N) is 2. The summed E-state index contributed by atoms with van der Waals surface area (Å²) in [4.78, 5) is 27.6. The molecular formula is C22H23ClN2O3S2. The van der Waals surface area contributed by atoms with Crippen molar-refractivity contribution in [2.75, 3.05) is 25.1 Å². The van der Waals surface area contributed by atoms with Crippen molar-refractivity contribution in [3.63, 3.8) is 0 Å². The molecule has 0 aliphatic heterocycles. The van der Waals surface area contributed by atoms with Crippen LogP contribution in [-0.4, -0.2) is 31.6 Å². The fraction of sp³-hybridized carbons (Fsp3) is 0.364. The van der Waals surface area contributed by atoms with Gasteiger partial charge < -0.3 is 15.4 Å². The molecule has 4 rings (SSSR count). The van der Waals surface area contributed by atoms with Gasteiger partial charge in [-0.25, -0.2) is 0 Å². The van der Waals surface area contributed by atoms with Crippen LogP contribution in [0.15, 0.2) is 24.3 Å². The summed E-state index contributed by atoms with van der Waals surface area (Å²) in [6.07, 6.45) is 3.62. The fourth-order valence-electron chi connectivity index (χ4n) is 3.66. The van der Waals surface area contributed by atoms with Gasteiger partial charge in [-0.05, 0) is 44.2 Å². The topological polar surface area (TPSA) is 67.4 Å². The Hall–Kier alpha value is -1.93. The van der Waals surface area contributed by atoms with Gasteiger partial charge in [0.15, 0.2) is 0 Å². The molecule has 0 bridgehead atoms. The highest BCUT2D eigenvalue weighted by atomic mass is 35.5.